The molecule has 2 aromatic rings. The summed E-state index contributed by atoms with van der Waals surface area (Å²) in [5.41, 5.74) is 3.49. The summed E-state index contributed by atoms with van der Waals surface area (Å²) < 4.78 is 23.4. The SMILES string of the molecule is Cc1ccccc1NC(=O)C1CCc2ccccc2N1C(=O)CN1CCS(=O)(=O)CC1. The lowest BCUT2D eigenvalue weighted by Crippen LogP contribution is -2.54. The molecule has 2 aromatic carbocycles. The van der Waals surface area contributed by atoms with E-state index in [1.165, 1.54) is 0 Å². The first-order valence-corrected chi connectivity index (χ1v) is 12.4. The van der Waals surface area contributed by atoms with Crippen LogP contribution >= 0.6 is 0 Å². The van der Waals surface area contributed by atoms with E-state index in [0.29, 0.717) is 25.9 Å². The monoisotopic (exact) mass is 441 g/mol. The van der Waals surface area contributed by atoms with Crippen LogP contribution in [0.1, 0.15) is 17.5 Å². The highest BCUT2D eigenvalue weighted by molar-refractivity contribution is 7.91. The Hall–Kier alpha value is -2.71. The van der Waals surface area contributed by atoms with Crippen LogP contribution in [-0.4, -0.2) is 62.3 Å². The molecular weight excluding hydrogens is 414 g/mol. The molecule has 0 saturated carbocycles. The molecule has 0 bridgehead atoms. The Balaban J connectivity index is 1.57. The van der Waals surface area contributed by atoms with Crippen LogP contribution in [0.5, 0.6) is 0 Å². The van der Waals surface area contributed by atoms with Gasteiger partial charge in [-0.05, 0) is 43.0 Å². The van der Waals surface area contributed by atoms with Gasteiger partial charge in [0.15, 0.2) is 9.84 Å². The van der Waals surface area contributed by atoms with Crippen molar-refractivity contribution in [3.05, 3.63) is 59.7 Å². The number of amides is 2. The molecule has 1 fully saturated rings. The smallest absolute Gasteiger partial charge is 0.247 e. The first kappa shape index (κ1) is 21.5. The topological polar surface area (TPSA) is 86.8 Å². The molecule has 4 rings (SSSR count). The second-order valence-corrected chi connectivity index (χ2v) is 10.5. The Morgan fingerprint density at radius 3 is 2.45 bits per heavy atom. The van der Waals surface area contributed by atoms with E-state index in [-0.39, 0.29) is 29.9 Å². The molecule has 0 radical (unpaired) electrons. The Labute approximate surface area is 183 Å². The first-order valence-electron chi connectivity index (χ1n) is 10.5. The van der Waals surface area contributed by atoms with Gasteiger partial charge in [-0.15, -0.1) is 0 Å². The maximum atomic E-state index is 13.4. The molecule has 164 valence electrons. The highest BCUT2D eigenvalue weighted by atomic mass is 32.2. The van der Waals surface area contributed by atoms with Gasteiger partial charge in [0.1, 0.15) is 6.04 Å². The van der Waals surface area contributed by atoms with Gasteiger partial charge in [-0.1, -0.05) is 36.4 Å². The molecule has 8 heteroatoms. The Bertz CT molecular complexity index is 1090. The van der Waals surface area contributed by atoms with E-state index in [1.807, 2.05) is 60.4 Å². The van der Waals surface area contributed by atoms with Gasteiger partial charge < -0.3 is 5.32 Å². The van der Waals surface area contributed by atoms with Crippen LogP contribution in [0, 0.1) is 6.92 Å². The fourth-order valence-electron chi connectivity index (χ4n) is 4.21. The number of para-hydroxylation sites is 2. The zero-order chi connectivity index (χ0) is 22.0. The lowest BCUT2D eigenvalue weighted by Gasteiger charge is -2.38. The van der Waals surface area contributed by atoms with Gasteiger partial charge in [-0.2, -0.15) is 0 Å². The van der Waals surface area contributed by atoms with Crippen molar-refractivity contribution in [1.82, 2.24) is 4.90 Å². The van der Waals surface area contributed by atoms with Crippen LogP contribution in [-0.2, 0) is 25.8 Å². The summed E-state index contributed by atoms with van der Waals surface area (Å²) in [5.74, 6) is -0.267. The number of hydrogen-bond donors (Lipinski definition) is 1. The van der Waals surface area contributed by atoms with Crippen molar-refractivity contribution in [2.45, 2.75) is 25.8 Å². The minimum Gasteiger partial charge on any atom is -0.324 e. The van der Waals surface area contributed by atoms with Gasteiger partial charge in [0.05, 0.1) is 18.1 Å². The van der Waals surface area contributed by atoms with Crippen molar-refractivity contribution in [3.63, 3.8) is 0 Å². The molecular formula is C23H27N3O4S. The summed E-state index contributed by atoms with van der Waals surface area (Å²) in [6, 6.07) is 14.6. The largest absolute Gasteiger partial charge is 0.324 e. The molecule has 1 unspecified atom stereocenters. The van der Waals surface area contributed by atoms with Crippen LogP contribution in [0.3, 0.4) is 0 Å². The fourth-order valence-corrected chi connectivity index (χ4v) is 5.48. The first-order chi connectivity index (χ1) is 14.8. The van der Waals surface area contributed by atoms with E-state index >= 15 is 0 Å². The molecule has 7 nitrogen and oxygen atoms in total. The number of aryl methyl sites for hydroxylation is 2. The van der Waals surface area contributed by atoms with Crippen LogP contribution in [0.2, 0.25) is 0 Å². The summed E-state index contributed by atoms with van der Waals surface area (Å²) >= 11 is 0. The number of benzene rings is 2. The molecule has 1 saturated heterocycles. The van der Waals surface area contributed by atoms with Crippen LogP contribution in [0.4, 0.5) is 11.4 Å². The summed E-state index contributed by atoms with van der Waals surface area (Å²) in [6.45, 7) is 2.70. The van der Waals surface area contributed by atoms with Crippen molar-refractivity contribution in [2.24, 2.45) is 0 Å². The predicted octanol–water partition coefficient (Wildman–Crippen LogP) is 2.01. The van der Waals surface area contributed by atoms with Crippen molar-refractivity contribution < 1.29 is 18.0 Å². The lowest BCUT2D eigenvalue weighted by molar-refractivity contribution is -0.124. The third-order valence-electron chi connectivity index (χ3n) is 6.02. The van der Waals surface area contributed by atoms with E-state index in [4.69, 9.17) is 0 Å². The van der Waals surface area contributed by atoms with Crippen molar-refractivity contribution in [1.29, 1.82) is 0 Å². The average molecular weight is 442 g/mol. The number of fused-ring (bicyclic) bond motifs is 1. The number of carbonyl (C=O) groups is 2. The summed E-state index contributed by atoms with van der Waals surface area (Å²) in [5, 5.41) is 2.98. The van der Waals surface area contributed by atoms with E-state index < -0.39 is 15.9 Å². The standard InChI is InChI=1S/C23H27N3O4S/c1-17-6-2-4-8-19(17)24-23(28)21-11-10-18-7-3-5-9-20(18)26(21)22(27)16-25-12-14-31(29,30)15-13-25/h2-9,21H,10-16H2,1H3,(H,24,28). The van der Waals surface area contributed by atoms with Gasteiger partial charge in [0, 0.05) is 24.5 Å². The summed E-state index contributed by atoms with van der Waals surface area (Å²) in [4.78, 5) is 30.1. The Morgan fingerprint density at radius 2 is 1.71 bits per heavy atom. The molecule has 31 heavy (non-hydrogen) atoms. The van der Waals surface area contributed by atoms with E-state index in [1.54, 1.807) is 4.90 Å². The Morgan fingerprint density at radius 1 is 1.03 bits per heavy atom. The van der Waals surface area contributed by atoms with Crippen molar-refractivity contribution in [3.8, 4) is 0 Å². The number of anilines is 2. The van der Waals surface area contributed by atoms with Crippen molar-refractivity contribution in [2.75, 3.05) is 41.4 Å². The lowest BCUT2D eigenvalue weighted by atomic mass is 9.94. The van der Waals surface area contributed by atoms with Crippen molar-refractivity contribution >= 4 is 33.0 Å². The van der Waals surface area contributed by atoms with Gasteiger partial charge in [0.25, 0.3) is 0 Å². The molecule has 2 heterocycles. The third-order valence-corrected chi connectivity index (χ3v) is 7.63. The molecule has 1 atom stereocenters. The second-order valence-electron chi connectivity index (χ2n) is 8.18. The number of nitrogens with zero attached hydrogens (tertiary/aromatic N) is 2. The molecule has 2 amide bonds. The predicted molar refractivity (Wildman–Crippen MR) is 121 cm³/mol. The normalized spacial score (nSPS) is 20.7. The van der Waals surface area contributed by atoms with Crippen LogP contribution in [0.15, 0.2) is 48.5 Å². The maximum absolute atomic E-state index is 13.4. The molecule has 1 N–H and O–H groups in total. The van der Waals surface area contributed by atoms with E-state index in [0.717, 1.165) is 22.5 Å². The second kappa shape index (κ2) is 8.80. The fraction of sp³-hybridized carbons (Fsp3) is 0.391. The van der Waals surface area contributed by atoms with Gasteiger partial charge in [0.2, 0.25) is 11.8 Å². The molecule has 2 aliphatic heterocycles. The number of sulfone groups is 1. The number of carbonyl (C=O) groups excluding carboxylic acids is 2. The van der Waals surface area contributed by atoms with Gasteiger partial charge in [-0.25, -0.2) is 8.42 Å². The van der Waals surface area contributed by atoms with Crippen LogP contribution in [0.25, 0.3) is 0 Å². The molecule has 2 aliphatic rings. The quantitative estimate of drug-likeness (QED) is 0.784. The highest BCUT2D eigenvalue weighted by Crippen LogP contribution is 2.31. The summed E-state index contributed by atoms with van der Waals surface area (Å²) in [6.07, 6.45) is 1.25. The highest BCUT2D eigenvalue weighted by Gasteiger charge is 2.36. The molecule has 0 spiro atoms. The minimum atomic E-state index is -3.02. The third kappa shape index (κ3) is 4.80. The van der Waals surface area contributed by atoms with Gasteiger partial charge >= 0.3 is 0 Å². The Kier molecular flexibility index (Phi) is 6.11. The van der Waals surface area contributed by atoms with E-state index in [9.17, 15) is 18.0 Å². The maximum Gasteiger partial charge on any atom is 0.247 e. The molecule has 0 aromatic heterocycles. The van der Waals surface area contributed by atoms with Gasteiger partial charge in [-0.3, -0.25) is 19.4 Å². The zero-order valence-electron chi connectivity index (χ0n) is 17.6. The number of nitrogens with one attached hydrogen (secondary N) is 1. The minimum absolute atomic E-state index is 0.0636. The zero-order valence-corrected chi connectivity index (χ0v) is 18.4. The van der Waals surface area contributed by atoms with Crippen LogP contribution < -0.4 is 10.2 Å². The number of rotatable bonds is 4. The number of hydrogen-bond acceptors (Lipinski definition) is 5. The average Bonchev–Trinajstić information content (AvgIpc) is 2.76. The summed E-state index contributed by atoms with van der Waals surface area (Å²) in [7, 11) is -3.02. The molecule has 0 aliphatic carbocycles. The van der Waals surface area contributed by atoms with E-state index in [2.05, 4.69) is 5.32 Å².